The first-order valence-electron chi connectivity index (χ1n) is 8.39. The fraction of sp³-hybridized carbons (Fsp3) is 0.316. The van der Waals surface area contributed by atoms with Gasteiger partial charge in [-0.3, -0.25) is 4.79 Å². The van der Waals surface area contributed by atoms with Gasteiger partial charge in [-0.1, -0.05) is 30.3 Å². The summed E-state index contributed by atoms with van der Waals surface area (Å²) in [5.74, 6) is 0.0703. The second-order valence-electron chi connectivity index (χ2n) is 5.91. The maximum atomic E-state index is 12.5. The van der Waals surface area contributed by atoms with Gasteiger partial charge in [0.15, 0.2) is 21.3 Å². The van der Waals surface area contributed by atoms with Gasteiger partial charge in [0.1, 0.15) is 0 Å². The molecule has 2 aromatic rings. The molecule has 28 heavy (non-hydrogen) atoms. The number of halogens is 1. The van der Waals surface area contributed by atoms with E-state index in [9.17, 15) is 13.2 Å². The van der Waals surface area contributed by atoms with Crippen LogP contribution in [0, 0.1) is 0 Å². The van der Waals surface area contributed by atoms with E-state index in [-0.39, 0.29) is 48.0 Å². The Bertz CT molecular complexity index is 875. The Morgan fingerprint density at radius 2 is 1.71 bits per heavy atom. The fourth-order valence-electron chi connectivity index (χ4n) is 2.49. The molecule has 0 radical (unpaired) electrons. The van der Waals surface area contributed by atoms with Crippen LogP contribution in [-0.2, 0) is 14.6 Å². The van der Waals surface area contributed by atoms with Crippen molar-refractivity contribution < 1.29 is 22.7 Å². The van der Waals surface area contributed by atoms with Gasteiger partial charge in [0, 0.05) is 25.1 Å². The zero-order chi connectivity index (χ0) is 19.9. The number of ether oxygens (including phenoxy) is 2. The molecular weight excluding hydrogens is 404 g/mol. The Morgan fingerprint density at radius 3 is 2.32 bits per heavy atom. The van der Waals surface area contributed by atoms with Crippen molar-refractivity contribution >= 4 is 28.2 Å². The predicted octanol–water partition coefficient (Wildman–Crippen LogP) is 2.11. The number of amides is 1. The summed E-state index contributed by atoms with van der Waals surface area (Å²) in [4.78, 5) is 12.1. The molecule has 0 spiro atoms. The molecule has 0 aliphatic carbocycles. The number of benzene rings is 2. The Balaban J connectivity index is 0.00000392. The minimum Gasteiger partial charge on any atom is -0.493 e. The van der Waals surface area contributed by atoms with E-state index in [1.165, 1.54) is 32.4 Å². The van der Waals surface area contributed by atoms with Crippen LogP contribution in [0.4, 0.5) is 0 Å². The molecule has 9 heteroatoms. The molecule has 0 aliphatic rings. The standard InChI is InChI=1S/C19H24N2O5S.ClH/c1-25-17-9-8-15(12-18(17)26-2)27(23,24)11-10-19(22)21-13-16(20)14-6-4-3-5-7-14;/h3-9,12,16H,10-11,13,20H2,1-2H3,(H,21,22);1H. The third-order valence-electron chi connectivity index (χ3n) is 4.06. The van der Waals surface area contributed by atoms with Gasteiger partial charge in [0.25, 0.3) is 0 Å². The van der Waals surface area contributed by atoms with E-state index in [1.54, 1.807) is 0 Å². The quantitative estimate of drug-likeness (QED) is 0.633. The van der Waals surface area contributed by atoms with Gasteiger partial charge in [0.2, 0.25) is 5.91 Å². The number of methoxy groups -OCH3 is 2. The van der Waals surface area contributed by atoms with Crippen molar-refractivity contribution in [3.05, 3.63) is 54.1 Å². The number of hydrogen-bond donors (Lipinski definition) is 2. The molecular formula is C19H25ClN2O5S. The smallest absolute Gasteiger partial charge is 0.221 e. The molecule has 154 valence electrons. The lowest BCUT2D eigenvalue weighted by atomic mass is 10.1. The minimum atomic E-state index is -3.63. The summed E-state index contributed by atoms with van der Waals surface area (Å²) in [5, 5.41) is 2.67. The van der Waals surface area contributed by atoms with Crippen molar-refractivity contribution in [1.82, 2.24) is 5.32 Å². The van der Waals surface area contributed by atoms with Gasteiger partial charge in [-0.15, -0.1) is 12.4 Å². The highest BCUT2D eigenvalue weighted by atomic mass is 35.5. The van der Waals surface area contributed by atoms with Gasteiger partial charge in [0.05, 0.1) is 24.9 Å². The molecule has 1 atom stereocenters. The van der Waals surface area contributed by atoms with Crippen LogP contribution < -0.4 is 20.5 Å². The van der Waals surface area contributed by atoms with Crippen LogP contribution >= 0.6 is 12.4 Å². The van der Waals surface area contributed by atoms with E-state index < -0.39 is 9.84 Å². The predicted molar refractivity (Wildman–Crippen MR) is 110 cm³/mol. The number of carbonyl (C=O) groups is 1. The van der Waals surface area contributed by atoms with Crippen molar-refractivity contribution in [3.8, 4) is 11.5 Å². The average Bonchev–Trinajstić information content (AvgIpc) is 2.70. The van der Waals surface area contributed by atoms with E-state index >= 15 is 0 Å². The summed E-state index contributed by atoms with van der Waals surface area (Å²) in [7, 11) is -0.734. The summed E-state index contributed by atoms with van der Waals surface area (Å²) in [6, 6.07) is 13.4. The molecule has 0 saturated heterocycles. The lowest BCUT2D eigenvalue weighted by Gasteiger charge is -2.13. The van der Waals surface area contributed by atoms with Crippen molar-refractivity contribution in [2.24, 2.45) is 5.73 Å². The van der Waals surface area contributed by atoms with E-state index in [0.29, 0.717) is 11.5 Å². The monoisotopic (exact) mass is 428 g/mol. The van der Waals surface area contributed by atoms with Crippen molar-refractivity contribution in [2.75, 3.05) is 26.5 Å². The third kappa shape index (κ3) is 6.40. The number of sulfone groups is 1. The Kier molecular flexibility index (Phi) is 9.24. The summed E-state index contributed by atoms with van der Waals surface area (Å²) < 4.78 is 35.1. The number of carbonyl (C=O) groups excluding carboxylic acids is 1. The first-order chi connectivity index (χ1) is 12.9. The van der Waals surface area contributed by atoms with E-state index in [4.69, 9.17) is 15.2 Å². The number of rotatable bonds is 9. The molecule has 0 aliphatic heterocycles. The maximum absolute atomic E-state index is 12.5. The average molecular weight is 429 g/mol. The minimum absolute atomic E-state index is 0. The first kappa shape index (κ1) is 23.7. The normalized spacial score (nSPS) is 11.8. The van der Waals surface area contributed by atoms with Crippen LogP contribution in [0.15, 0.2) is 53.4 Å². The molecule has 0 saturated carbocycles. The van der Waals surface area contributed by atoms with Crippen LogP contribution in [0.1, 0.15) is 18.0 Å². The molecule has 2 rings (SSSR count). The lowest BCUT2D eigenvalue weighted by molar-refractivity contribution is -0.120. The van der Waals surface area contributed by atoms with Gasteiger partial charge in [-0.2, -0.15) is 0 Å². The highest BCUT2D eigenvalue weighted by Crippen LogP contribution is 2.29. The van der Waals surface area contributed by atoms with Crippen LogP contribution in [0.2, 0.25) is 0 Å². The van der Waals surface area contributed by atoms with E-state index in [0.717, 1.165) is 5.56 Å². The highest BCUT2D eigenvalue weighted by Gasteiger charge is 2.19. The van der Waals surface area contributed by atoms with Gasteiger partial charge in [-0.05, 0) is 17.7 Å². The largest absolute Gasteiger partial charge is 0.493 e. The molecule has 3 N–H and O–H groups in total. The van der Waals surface area contributed by atoms with Crippen molar-refractivity contribution in [2.45, 2.75) is 17.4 Å². The maximum Gasteiger partial charge on any atom is 0.221 e. The zero-order valence-electron chi connectivity index (χ0n) is 15.8. The van der Waals surface area contributed by atoms with Crippen LogP contribution in [-0.4, -0.2) is 40.8 Å². The molecule has 0 bridgehead atoms. The molecule has 0 fully saturated rings. The summed E-state index contributed by atoms with van der Waals surface area (Å²) in [6.07, 6.45) is -0.155. The summed E-state index contributed by atoms with van der Waals surface area (Å²) >= 11 is 0. The SMILES string of the molecule is COc1ccc(S(=O)(=O)CCC(=O)NCC(N)c2ccccc2)cc1OC.Cl. The number of nitrogens with one attached hydrogen (secondary N) is 1. The molecule has 7 nitrogen and oxygen atoms in total. The molecule has 0 aromatic heterocycles. The zero-order valence-corrected chi connectivity index (χ0v) is 17.4. The van der Waals surface area contributed by atoms with Crippen molar-refractivity contribution in [1.29, 1.82) is 0 Å². The third-order valence-corrected chi connectivity index (χ3v) is 5.77. The molecule has 2 aromatic carbocycles. The van der Waals surface area contributed by atoms with E-state index in [1.807, 2.05) is 30.3 Å². The van der Waals surface area contributed by atoms with Gasteiger partial charge < -0.3 is 20.5 Å². The summed E-state index contributed by atoms with van der Waals surface area (Å²) in [6.45, 7) is 0.235. The number of nitrogens with two attached hydrogens (primary N) is 1. The number of hydrogen-bond acceptors (Lipinski definition) is 6. The Morgan fingerprint density at radius 1 is 1.07 bits per heavy atom. The Labute approximate surface area is 171 Å². The summed E-state index contributed by atoms with van der Waals surface area (Å²) in [5.41, 5.74) is 6.92. The molecule has 1 unspecified atom stereocenters. The van der Waals surface area contributed by atoms with E-state index in [2.05, 4.69) is 5.32 Å². The lowest BCUT2D eigenvalue weighted by Crippen LogP contribution is -2.32. The van der Waals surface area contributed by atoms with Crippen LogP contribution in [0.25, 0.3) is 0 Å². The second-order valence-corrected chi connectivity index (χ2v) is 8.02. The fourth-order valence-corrected chi connectivity index (χ4v) is 3.74. The van der Waals surface area contributed by atoms with Crippen LogP contribution in [0.5, 0.6) is 11.5 Å². The van der Waals surface area contributed by atoms with Gasteiger partial charge in [-0.25, -0.2) is 8.42 Å². The second kappa shape index (κ2) is 10.9. The first-order valence-corrected chi connectivity index (χ1v) is 10.0. The highest BCUT2D eigenvalue weighted by molar-refractivity contribution is 7.91. The molecule has 1 amide bonds. The van der Waals surface area contributed by atoms with Crippen LogP contribution in [0.3, 0.4) is 0 Å². The topological polar surface area (TPSA) is 108 Å². The molecule has 0 heterocycles. The Hall–Kier alpha value is -2.29. The van der Waals surface area contributed by atoms with Gasteiger partial charge >= 0.3 is 0 Å². The van der Waals surface area contributed by atoms with Crippen molar-refractivity contribution in [3.63, 3.8) is 0 Å².